The highest BCUT2D eigenvalue weighted by molar-refractivity contribution is 5.45. The first-order valence-corrected chi connectivity index (χ1v) is 5.31. The topological polar surface area (TPSA) is 9.23 Å². The third kappa shape index (κ3) is 1.08. The van der Waals surface area contributed by atoms with Gasteiger partial charge in [0, 0.05) is 11.5 Å². The summed E-state index contributed by atoms with van der Waals surface area (Å²) in [6, 6.07) is 0. The molecule has 1 nitrogen and oxygen atoms in total. The molecule has 14 heavy (non-hydrogen) atoms. The Bertz CT molecular complexity index is 393. The molecule has 1 heteroatoms. The molecule has 0 bridgehead atoms. The third-order valence-corrected chi connectivity index (χ3v) is 3.14. The molecule has 0 aromatic rings. The van der Waals surface area contributed by atoms with Crippen LogP contribution < -0.4 is 0 Å². The van der Waals surface area contributed by atoms with Gasteiger partial charge in [-0.1, -0.05) is 17.7 Å². The normalized spacial score (nSPS) is 29.1. The number of rotatable bonds is 0. The van der Waals surface area contributed by atoms with Gasteiger partial charge in [0.2, 0.25) is 0 Å². The lowest BCUT2D eigenvalue weighted by Crippen LogP contribution is -2.03. The highest BCUT2D eigenvalue weighted by Gasteiger charge is 2.33. The third-order valence-electron chi connectivity index (χ3n) is 3.14. The standard InChI is InChI=1S/C13H14O/c1-9-6-7-11-10-4-2-3-5-12(10)14-13(11)8-9/h4-6,8,11H,2-3,7H2,1H3. The molecule has 72 valence electrons. The second-order valence-corrected chi connectivity index (χ2v) is 4.19. The Morgan fingerprint density at radius 3 is 3.00 bits per heavy atom. The summed E-state index contributed by atoms with van der Waals surface area (Å²) in [4.78, 5) is 0. The molecule has 1 aliphatic heterocycles. The molecule has 1 heterocycles. The lowest BCUT2D eigenvalue weighted by atomic mass is 9.87. The van der Waals surface area contributed by atoms with Gasteiger partial charge in [-0.3, -0.25) is 0 Å². The van der Waals surface area contributed by atoms with E-state index in [4.69, 9.17) is 4.74 Å². The molecule has 0 radical (unpaired) electrons. The van der Waals surface area contributed by atoms with Crippen molar-refractivity contribution in [2.45, 2.75) is 26.2 Å². The predicted octanol–water partition coefficient (Wildman–Crippen LogP) is 3.47. The molecule has 3 aliphatic rings. The average Bonchev–Trinajstić information content (AvgIpc) is 2.54. The fourth-order valence-corrected chi connectivity index (χ4v) is 2.40. The van der Waals surface area contributed by atoms with Gasteiger partial charge in [0.25, 0.3) is 0 Å². The van der Waals surface area contributed by atoms with Crippen LogP contribution in [0.3, 0.4) is 0 Å². The van der Waals surface area contributed by atoms with E-state index in [1.807, 2.05) is 0 Å². The minimum atomic E-state index is 0.519. The Morgan fingerprint density at radius 2 is 2.07 bits per heavy atom. The maximum Gasteiger partial charge on any atom is 0.126 e. The van der Waals surface area contributed by atoms with Gasteiger partial charge in [0.1, 0.15) is 11.5 Å². The van der Waals surface area contributed by atoms with Gasteiger partial charge in [-0.15, -0.1) is 0 Å². The maximum atomic E-state index is 5.85. The first-order valence-electron chi connectivity index (χ1n) is 5.31. The van der Waals surface area contributed by atoms with Crippen molar-refractivity contribution < 1.29 is 4.74 Å². The van der Waals surface area contributed by atoms with Gasteiger partial charge in [0.15, 0.2) is 0 Å². The number of fused-ring (bicyclic) bond motifs is 3. The van der Waals surface area contributed by atoms with Crippen molar-refractivity contribution in [1.82, 2.24) is 0 Å². The van der Waals surface area contributed by atoms with E-state index in [1.165, 1.54) is 17.6 Å². The van der Waals surface area contributed by atoms with Crippen molar-refractivity contribution >= 4 is 0 Å². The average molecular weight is 186 g/mol. The van der Waals surface area contributed by atoms with E-state index in [1.54, 1.807) is 0 Å². The first-order chi connectivity index (χ1) is 6.84. The van der Waals surface area contributed by atoms with E-state index in [2.05, 4.69) is 31.2 Å². The summed E-state index contributed by atoms with van der Waals surface area (Å²) in [5.41, 5.74) is 2.75. The van der Waals surface area contributed by atoms with Crippen LogP contribution in [0.4, 0.5) is 0 Å². The molecule has 1 atom stereocenters. The summed E-state index contributed by atoms with van der Waals surface area (Å²) in [5.74, 6) is 2.80. The minimum absolute atomic E-state index is 0.519. The Balaban J connectivity index is 2.02. The van der Waals surface area contributed by atoms with E-state index >= 15 is 0 Å². The number of hydrogen-bond donors (Lipinski definition) is 0. The van der Waals surface area contributed by atoms with Crippen molar-refractivity contribution in [3.8, 4) is 0 Å². The number of ether oxygens (including phenoxy) is 1. The van der Waals surface area contributed by atoms with Gasteiger partial charge in [-0.05, 0) is 38.3 Å². The summed E-state index contributed by atoms with van der Waals surface area (Å²) >= 11 is 0. The van der Waals surface area contributed by atoms with Gasteiger partial charge in [-0.25, -0.2) is 0 Å². The molecule has 0 aromatic carbocycles. The Morgan fingerprint density at radius 1 is 1.21 bits per heavy atom. The van der Waals surface area contributed by atoms with E-state index in [0.29, 0.717) is 5.92 Å². The largest absolute Gasteiger partial charge is 0.461 e. The number of allylic oxidation sites excluding steroid dienone is 7. The van der Waals surface area contributed by atoms with Gasteiger partial charge >= 0.3 is 0 Å². The monoisotopic (exact) mass is 186 g/mol. The van der Waals surface area contributed by atoms with E-state index in [9.17, 15) is 0 Å². The SMILES string of the molecule is CC1=CCC2C(=C1)OC1=CCCC=C12. The van der Waals surface area contributed by atoms with E-state index in [-0.39, 0.29) is 0 Å². The predicted molar refractivity (Wildman–Crippen MR) is 56.4 cm³/mol. The molecule has 2 aliphatic carbocycles. The zero-order chi connectivity index (χ0) is 9.54. The molecule has 1 saturated heterocycles. The summed E-state index contributed by atoms with van der Waals surface area (Å²) in [6.45, 7) is 2.14. The molecule has 0 N–H and O–H groups in total. The molecule has 0 spiro atoms. The van der Waals surface area contributed by atoms with Crippen LogP contribution in [0.25, 0.3) is 0 Å². The number of hydrogen-bond acceptors (Lipinski definition) is 1. The Labute approximate surface area is 84.5 Å². The molecule has 1 unspecified atom stereocenters. The Hall–Kier alpha value is -1.24. The molecule has 1 fully saturated rings. The Kier molecular flexibility index (Phi) is 1.66. The zero-order valence-corrected chi connectivity index (χ0v) is 8.42. The van der Waals surface area contributed by atoms with E-state index < -0.39 is 0 Å². The van der Waals surface area contributed by atoms with Crippen LogP contribution in [-0.2, 0) is 4.74 Å². The van der Waals surface area contributed by atoms with Crippen LogP contribution in [0.1, 0.15) is 26.2 Å². The van der Waals surface area contributed by atoms with Gasteiger partial charge in [0.05, 0.1) is 0 Å². The lowest BCUT2D eigenvalue weighted by Gasteiger charge is -2.13. The summed E-state index contributed by atoms with van der Waals surface area (Å²) < 4.78 is 5.85. The highest BCUT2D eigenvalue weighted by atomic mass is 16.5. The molecule has 0 saturated carbocycles. The van der Waals surface area contributed by atoms with Crippen LogP contribution in [0.5, 0.6) is 0 Å². The molecular weight excluding hydrogens is 172 g/mol. The van der Waals surface area contributed by atoms with Crippen LogP contribution in [0, 0.1) is 5.92 Å². The summed E-state index contributed by atoms with van der Waals surface area (Å²) in [6.07, 6.45) is 12.5. The fraction of sp³-hybridized carbons (Fsp3) is 0.385. The molecular formula is C13H14O. The van der Waals surface area contributed by atoms with Gasteiger partial charge < -0.3 is 4.74 Å². The summed E-state index contributed by atoms with van der Waals surface area (Å²) in [5, 5.41) is 0. The molecule has 0 amide bonds. The van der Waals surface area contributed by atoms with Crippen molar-refractivity contribution in [2.75, 3.05) is 0 Å². The molecule has 3 rings (SSSR count). The van der Waals surface area contributed by atoms with Crippen molar-refractivity contribution in [1.29, 1.82) is 0 Å². The van der Waals surface area contributed by atoms with Crippen molar-refractivity contribution in [2.24, 2.45) is 5.92 Å². The lowest BCUT2D eigenvalue weighted by molar-refractivity contribution is 0.325. The van der Waals surface area contributed by atoms with Crippen LogP contribution in [-0.4, -0.2) is 0 Å². The van der Waals surface area contributed by atoms with Gasteiger partial charge in [-0.2, -0.15) is 0 Å². The smallest absolute Gasteiger partial charge is 0.126 e. The highest BCUT2D eigenvalue weighted by Crippen LogP contribution is 2.44. The van der Waals surface area contributed by atoms with E-state index in [0.717, 1.165) is 24.4 Å². The van der Waals surface area contributed by atoms with Crippen LogP contribution in [0.15, 0.2) is 47.0 Å². The maximum absolute atomic E-state index is 5.85. The minimum Gasteiger partial charge on any atom is -0.461 e. The second kappa shape index (κ2) is 2.88. The van der Waals surface area contributed by atoms with Crippen LogP contribution in [0.2, 0.25) is 0 Å². The fourth-order valence-electron chi connectivity index (χ4n) is 2.40. The second-order valence-electron chi connectivity index (χ2n) is 4.19. The van der Waals surface area contributed by atoms with Crippen molar-refractivity contribution in [3.63, 3.8) is 0 Å². The zero-order valence-electron chi connectivity index (χ0n) is 8.42. The molecule has 0 aromatic heterocycles. The van der Waals surface area contributed by atoms with Crippen LogP contribution >= 0.6 is 0 Å². The summed E-state index contributed by atoms with van der Waals surface area (Å²) in [7, 11) is 0. The first kappa shape index (κ1) is 8.10. The van der Waals surface area contributed by atoms with Crippen molar-refractivity contribution in [3.05, 3.63) is 47.0 Å². The quantitative estimate of drug-likeness (QED) is 0.563.